The molecule has 0 rings (SSSR count). The van der Waals surface area contributed by atoms with Crippen molar-refractivity contribution in [1.29, 1.82) is 0 Å². The zero-order valence-corrected chi connectivity index (χ0v) is 10.7. The first-order valence-corrected chi connectivity index (χ1v) is 2.19. The summed E-state index contributed by atoms with van der Waals surface area (Å²) in [5.74, 6) is 0. The van der Waals surface area contributed by atoms with Crippen molar-refractivity contribution in [3.05, 3.63) is 0 Å². The van der Waals surface area contributed by atoms with Crippen LogP contribution in [0.2, 0.25) is 0 Å². The molecule has 0 aliphatic rings. The average Bonchev–Trinajstić information content (AvgIpc) is 0.722. The standard InChI is InChI=1S/2Ca.H3N.H3O4P.2H2O/c;;;1-5(2,3)4;;/h;;1H3;(H3,1,2,3,4);2*1H2/q2*+2;;;;/p-4. The summed E-state index contributed by atoms with van der Waals surface area (Å²) in [7, 11) is -5.39. The Bertz CT molecular complexity index is 61.9. The molecule has 10 heteroatoms. The quantitative estimate of drug-likeness (QED) is 0.329. The van der Waals surface area contributed by atoms with Crippen molar-refractivity contribution in [1.82, 2.24) is 6.15 Å². The molecule has 0 fully saturated rings. The van der Waals surface area contributed by atoms with Gasteiger partial charge in [-0.2, -0.15) is 7.82 Å². The second-order valence-corrected chi connectivity index (χ2v) is 1.34. The van der Waals surface area contributed by atoms with E-state index in [0.29, 0.717) is 0 Å². The predicted octanol–water partition coefficient (Wildman–Crippen LogP) is -3.56. The van der Waals surface area contributed by atoms with Gasteiger partial charge in [0.1, 0.15) is 0 Å². The van der Waals surface area contributed by atoms with Gasteiger partial charge in [0.05, 0.1) is 0 Å². The van der Waals surface area contributed by atoms with Crippen LogP contribution < -0.4 is 20.8 Å². The molecule has 0 atom stereocenters. The molecular formula is H6Ca2NO6P. The summed E-state index contributed by atoms with van der Waals surface area (Å²) in [6.45, 7) is 0. The van der Waals surface area contributed by atoms with Crippen molar-refractivity contribution in [2.45, 2.75) is 0 Å². The minimum absolute atomic E-state index is 0. The van der Waals surface area contributed by atoms with Crippen LogP contribution in [-0.4, -0.2) is 86.4 Å². The van der Waals surface area contributed by atoms with Crippen LogP contribution in [0, 0.1) is 0 Å². The molecule has 0 bridgehead atoms. The monoisotopic (exact) mass is 227 g/mol. The van der Waals surface area contributed by atoms with E-state index in [-0.39, 0.29) is 92.6 Å². The first kappa shape index (κ1) is 39.1. The van der Waals surface area contributed by atoms with E-state index >= 15 is 0 Å². The molecule has 0 radical (unpaired) electrons. The predicted molar refractivity (Wildman–Crippen MR) is 29.0 cm³/mol. The van der Waals surface area contributed by atoms with Crippen LogP contribution in [0.3, 0.4) is 0 Å². The van der Waals surface area contributed by atoms with E-state index in [1.54, 1.807) is 0 Å². The van der Waals surface area contributed by atoms with E-state index in [1.165, 1.54) is 0 Å². The Morgan fingerprint density at radius 3 is 0.900 bits per heavy atom. The molecule has 10 heavy (non-hydrogen) atoms. The maximum atomic E-state index is 8.55. The van der Waals surface area contributed by atoms with Crippen molar-refractivity contribution >= 4 is 83.3 Å². The second-order valence-electron chi connectivity index (χ2n) is 0.447. The maximum Gasteiger partial charge on any atom is 2.00 e. The van der Waals surface area contributed by atoms with Crippen molar-refractivity contribution in [2.24, 2.45) is 0 Å². The van der Waals surface area contributed by atoms with Gasteiger partial charge in [-0.05, 0) is 0 Å². The van der Waals surface area contributed by atoms with Gasteiger partial charge in [-0.1, -0.05) is 0 Å². The van der Waals surface area contributed by atoms with Crippen LogP contribution >= 0.6 is 7.82 Å². The van der Waals surface area contributed by atoms with Crippen molar-refractivity contribution in [2.75, 3.05) is 0 Å². The smallest absolute Gasteiger partial charge is 0.870 e. The Balaban J connectivity index is -0.00000000800. The Morgan fingerprint density at radius 2 is 0.900 bits per heavy atom. The van der Waals surface area contributed by atoms with Crippen LogP contribution in [0.1, 0.15) is 0 Å². The van der Waals surface area contributed by atoms with E-state index in [4.69, 9.17) is 19.2 Å². The van der Waals surface area contributed by atoms with Gasteiger partial charge in [-0.15, -0.1) is 0 Å². The number of phosphoric acid groups is 1. The minimum atomic E-state index is -5.39. The zero-order chi connectivity index (χ0) is 4.50. The van der Waals surface area contributed by atoms with E-state index in [9.17, 15) is 0 Å². The molecule has 0 aromatic carbocycles. The zero-order valence-electron chi connectivity index (χ0n) is 5.39. The van der Waals surface area contributed by atoms with E-state index in [0.717, 1.165) is 0 Å². The van der Waals surface area contributed by atoms with E-state index in [1.807, 2.05) is 0 Å². The molecule has 0 spiro atoms. The summed E-state index contributed by atoms with van der Waals surface area (Å²) in [5.41, 5.74) is 0. The molecule has 0 saturated heterocycles. The van der Waals surface area contributed by atoms with Crippen molar-refractivity contribution < 1.29 is 30.2 Å². The fourth-order valence-electron chi connectivity index (χ4n) is 0. The summed E-state index contributed by atoms with van der Waals surface area (Å²) in [4.78, 5) is 25.6. The second kappa shape index (κ2) is 17.6. The fourth-order valence-corrected chi connectivity index (χ4v) is 0. The average molecular weight is 227 g/mol. The third kappa shape index (κ3) is 151. The molecule has 0 aromatic heterocycles. The third-order valence-corrected chi connectivity index (χ3v) is 0. The van der Waals surface area contributed by atoms with Gasteiger partial charge in [0, 0.05) is 0 Å². The van der Waals surface area contributed by atoms with Crippen LogP contribution in [0.5, 0.6) is 0 Å². The fraction of sp³-hybridized carbons (Fsp3) is 0. The van der Waals surface area contributed by atoms with Crippen LogP contribution in [0.4, 0.5) is 0 Å². The van der Waals surface area contributed by atoms with Gasteiger partial charge in [0.2, 0.25) is 0 Å². The number of quaternary nitrogens is 1. The SMILES string of the molecule is O=P([O-])([O-])[O-].[Ca+2].[Ca+2].[NH4+].[OH-].[OH-]. The first-order valence-electron chi connectivity index (χ1n) is 0.730. The van der Waals surface area contributed by atoms with Crippen molar-refractivity contribution in [3.8, 4) is 0 Å². The summed E-state index contributed by atoms with van der Waals surface area (Å²) < 4.78 is 8.55. The van der Waals surface area contributed by atoms with Gasteiger partial charge >= 0.3 is 75.5 Å². The molecule has 0 aliphatic carbocycles. The Morgan fingerprint density at radius 1 is 0.900 bits per heavy atom. The number of hydrogen-bond donors (Lipinski definition) is 1. The molecule has 0 amide bonds. The molecule has 0 aliphatic heterocycles. The van der Waals surface area contributed by atoms with Crippen LogP contribution in [0.15, 0.2) is 0 Å². The first-order chi connectivity index (χ1) is 2.00. The van der Waals surface area contributed by atoms with Crippen molar-refractivity contribution in [3.63, 3.8) is 0 Å². The third-order valence-electron chi connectivity index (χ3n) is 0. The molecular weight excluding hydrogens is 221 g/mol. The summed E-state index contributed by atoms with van der Waals surface area (Å²) in [5, 5.41) is 0. The van der Waals surface area contributed by atoms with Gasteiger partial charge in [-0.25, -0.2) is 0 Å². The molecule has 56 valence electrons. The van der Waals surface area contributed by atoms with Gasteiger partial charge in [0.15, 0.2) is 0 Å². The molecule has 7 nitrogen and oxygen atoms in total. The Kier molecular flexibility index (Phi) is 68.7. The summed E-state index contributed by atoms with van der Waals surface area (Å²) in [6.07, 6.45) is 0. The maximum absolute atomic E-state index is 8.55. The molecule has 0 aromatic rings. The van der Waals surface area contributed by atoms with Gasteiger partial charge in [0.25, 0.3) is 0 Å². The summed E-state index contributed by atoms with van der Waals surface area (Å²) >= 11 is 0. The Hall–Kier alpha value is 2.51. The normalized spacial score (nSPS) is 5.90. The van der Waals surface area contributed by atoms with E-state index in [2.05, 4.69) is 0 Å². The van der Waals surface area contributed by atoms with Crippen LogP contribution in [0.25, 0.3) is 0 Å². The topological polar surface area (TPSA) is 183 Å². The molecule has 0 saturated carbocycles. The number of rotatable bonds is 0. The molecule has 6 N–H and O–H groups in total. The van der Waals surface area contributed by atoms with Gasteiger partial charge < -0.3 is 36.3 Å². The number of hydrogen-bond acceptors (Lipinski definition) is 6. The Labute approximate surface area is 118 Å². The molecule has 0 unspecified atom stereocenters. The summed E-state index contributed by atoms with van der Waals surface area (Å²) in [6, 6.07) is 0. The minimum Gasteiger partial charge on any atom is -0.870 e. The largest absolute Gasteiger partial charge is 2.00 e. The van der Waals surface area contributed by atoms with Gasteiger partial charge in [-0.3, -0.25) is 0 Å². The molecule has 0 heterocycles. The van der Waals surface area contributed by atoms with E-state index < -0.39 is 7.82 Å². The van der Waals surface area contributed by atoms with Crippen LogP contribution in [-0.2, 0) is 4.57 Å².